The van der Waals surface area contributed by atoms with Crippen LogP contribution in [0, 0.1) is 6.92 Å². The fraction of sp³-hybridized carbons (Fsp3) is 0.353. The van der Waals surface area contributed by atoms with Crippen molar-refractivity contribution < 1.29 is 4.74 Å². The van der Waals surface area contributed by atoms with Gasteiger partial charge < -0.3 is 4.74 Å². The predicted molar refractivity (Wildman–Crippen MR) is 88.8 cm³/mol. The average molecular weight is 324 g/mol. The van der Waals surface area contributed by atoms with E-state index in [9.17, 15) is 0 Å². The molecule has 0 N–H and O–H groups in total. The quantitative estimate of drug-likeness (QED) is 0.659. The molecule has 1 heterocycles. The van der Waals surface area contributed by atoms with E-state index in [0.29, 0.717) is 16.8 Å². The maximum atomic E-state index is 5.98. The number of benzene rings is 1. The first kappa shape index (κ1) is 16.1. The lowest BCUT2D eigenvalue weighted by atomic mass is 9.91. The number of aromatic nitrogens is 1. The van der Waals surface area contributed by atoms with Gasteiger partial charge in [-0.25, -0.2) is 4.98 Å². The first-order valence-electron chi connectivity index (χ1n) is 6.81. The Hall–Kier alpha value is -1.25. The summed E-state index contributed by atoms with van der Waals surface area (Å²) in [6.45, 7) is 8.30. The van der Waals surface area contributed by atoms with E-state index in [4.69, 9.17) is 27.9 Å². The van der Waals surface area contributed by atoms with Crippen LogP contribution in [0.3, 0.4) is 0 Å². The highest BCUT2D eigenvalue weighted by Crippen LogP contribution is 2.30. The highest BCUT2D eigenvalue weighted by molar-refractivity contribution is 6.30. The van der Waals surface area contributed by atoms with E-state index in [1.165, 1.54) is 0 Å². The smallest absolute Gasteiger partial charge is 0.219 e. The monoisotopic (exact) mass is 323 g/mol. The van der Waals surface area contributed by atoms with Crippen molar-refractivity contribution in [3.63, 3.8) is 0 Å². The summed E-state index contributed by atoms with van der Waals surface area (Å²) in [5, 5.41) is 0.692. The Morgan fingerprint density at radius 1 is 1.14 bits per heavy atom. The zero-order valence-electron chi connectivity index (χ0n) is 12.7. The van der Waals surface area contributed by atoms with Crippen LogP contribution >= 0.6 is 23.2 Å². The SMILES string of the molecule is Cc1cc(Cl)ccc1Oc1cc(CCl)cc(C(C)(C)C)n1. The Labute approximate surface area is 136 Å². The summed E-state index contributed by atoms with van der Waals surface area (Å²) in [7, 11) is 0. The maximum absolute atomic E-state index is 5.98. The standard InChI is InChI=1S/C17H19Cl2NO/c1-11-7-13(19)5-6-14(11)21-16-9-12(10-18)8-15(20-16)17(2,3)4/h5-9H,10H2,1-4H3. The number of rotatable bonds is 3. The van der Waals surface area contributed by atoms with Gasteiger partial charge in [-0.3, -0.25) is 0 Å². The van der Waals surface area contributed by atoms with Gasteiger partial charge in [0.15, 0.2) is 0 Å². The van der Waals surface area contributed by atoms with E-state index < -0.39 is 0 Å². The largest absolute Gasteiger partial charge is 0.439 e. The van der Waals surface area contributed by atoms with Gasteiger partial charge in [0.1, 0.15) is 5.75 Å². The summed E-state index contributed by atoms with van der Waals surface area (Å²) in [4.78, 5) is 4.60. The minimum Gasteiger partial charge on any atom is -0.439 e. The lowest BCUT2D eigenvalue weighted by molar-refractivity contribution is 0.448. The van der Waals surface area contributed by atoms with Crippen molar-refractivity contribution in [3.05, 3.63) is 52.2 Å². The number of nitrogens with zero attached hydrogens (tertiary/aromatic N) is 1. The van der Waals surface area contributed by atoms with Gasteiger partial charge in [-0.05, 0) is 42.3 Å². The predicted octanol–water partition coefficient (Wildman–Crippen LogP) is 5.87. The topological polar surface area (TPSA) is 22.1 Å². The molecule has 21 heavy (non-hydrogen) atoms. The van der Waals surface area contributed by atoms with Crippen molar-refractivity contribution in [3.8, 4) is 11.6 Å². The Morgan fingerprint density at radius 3 is 2.43 bits per heavy atom. The maximum Gasteiger partial charge on any atom is 0.219 e. The third kappa shape index (κ3) is 4.12. The molecule has 0 atom stereocenters. The Morgan fingerprint density at radius 2 is 1.86 bits per heavy atom. The Bertz CT molecular complexity index is 648. The number of hydrogen-bond donors (Lipinski definition) is 0. The van der Waals surface area contributed by atoms with E-state index in [1.54, 1.807) is 6.07 Å². The van der Waals surface area contributed by atoms with Crippen LogP contribution in [0.15, 0.2) is 30.3 Å². The van der Waals surface area contributed by atoms with E-state index in [0.717, 1.165) is 22.6 Å². The van der Waals surface area contributed by atoms with Crippen LogP contribution < -0.4 is 4.74 Å². The average Bonchev–Trinajstić information content (AvgIpc) is 2.40. The van der Waals surface area contributed by atoms with E-state index in [2.05, 4.69) is 25.8 Å². The molecule has 0 saturated carbocycles. The molecule has 112 valence electrons. The highest BCUT2D eigenvalue weighted by Gasteiger charge is 2.18. The van der Waals surface area contributed by atoms with Crippen molar-refractivity contribution in [1.29, 1.82) is 0 Å². The second-order valence-corrected chi connectivity index (χ2v) is 6.80. The molecule has 0 amide bonds. The van der Waals surface area contributed by atoms with Crippen molar-refractivity contribution >= 4 is 23.2 Å². The Kier molecular flexibility index (Phi) is 4.80. The number of ether oxygens (including phenoxy) is 1. The molecule has 0 bridgehead atoms. The zero-order valence-corrected chi connectivity index (χ0v) is 14.2. The van der Waals surface area contributed by atoms with Gasteiger partial charge >= 0.3 is 0 Å². The molecular weight excluding hydrogens is 305 g/mol. The summed E-state index contributed by atoms with van der Waals surface area (Å²) in [5.41, 5.74) is 2.87. The van der Waals surface area contributed by atoms with Gasteiger partial charge in [0.2, 0.25) is 5.88 Å². The fourth-order valence-corrected chi connectivity index (χ4v) is 2.29. The molecule has 4 heteroatoms. The highest BCUT2D eigenvalue weighted by atomic mass is 35.5. The van der Waals surface area contributed by atoms with Crippen LogP contribution in [0.25, 0.3) is 0 Å². The van der Waals surface area contributed by atoms with Gasteiger partial charge in [0, 0.05) is 22.4 Å². The van der Waals surface area contributed by atoms with Gasteiger partial charge in [0.05, 0.1) is 5.69 Å². The normalized spacial score (nSPS) is 11.5. The summed E-state index contributed by atoms with van der Waals surface area (Å²) in [5.74, 6) is 1.74. The number of pyridine rings is 1. The second kappa shape index (κ2) is 6.25. The molecule has 0 spiro atoms. The molecule has 0 fully saturated rings. The van der Waals surface area contributed by atoms with Gasteiger partial charge in [-0.2, -0.15) is 0 Å². The molecule has 2 aromatic rings. The molecule has 0 radical (unpaired) electrons. The van der Waals surface area contributed by atoms with Crippen molar-refractivity contribution in [1.82, 2.24) is 4.98 Å². The number of halogens is 2. The summed E-state index contributed by atoms with van der Waals surface area (Å²) in [6.07, 6.45) is 0. The van der Waals surface area contributed by atoms with Gasteiger partial charge in [-0.1, -0.05) is 32.4 Å². The van der Waals surface area contributed by atoms with Crippen LogP contribution in [-0.4, -0.2) is 4.98 Å². The van der Waals surface area contributed by atoms with E-state index in [1.807, 2.05) is 31.2 Å². The van der Waals surface area contributed by atoms with Gasteiger partial charge in [-0.15, -0.1) is 11.6 Å². The molecule has 0 aliphatic heterocycles. The fourth-order valence-electron chi connectivity index (χ4n) is 1.91. The lowest BCUT2D eigenvalue weighted by Gasteiger charge is -2.20. The number of hydrogen-bond acceptors (Lipinski definition) is 2. The van der Waals surface area contributed by atoms with Crippen LogP contribution in [-0.2, 0) is 11.3 Å². The van der Waals surface area contributed by atoms with Crippen molar-refractivity contribution in [2.24, 2.45) is 0 Å². The minimum atomic E-state index is -0.0603. The first-order valence-corrected chi connectivity index (χ1v) is 7.72. The molecular formula is C17H19Cl2NO. The van der Waals surface area contributed by atoms with Crippen LogP contribution in [0.1, 0.15) is 37.6 Å². The third-order valence-corrected chi connectivity index (χ3v) is 3.68. The Balaban J connectivity index is 2.39. The molecule has 0 saturated heterocycles. The van der Waals surface area contributed by atoms with Crippen LogP contribution in [0.2, 0.25) is 5.02 Å². The van der Waals surface area contributed by atoms with E-state index in [-0.39, 0.29) is 5.41 Å². The molecule has 2 rings (SSSR count). The van der Waals surface area contributed by atoms with Crippen molar-refractivity contribution in [2.45, 2.75) is 39.0 Å². The third-order valence-electron chi connectivity index (χ3n) is 3.14. The van der Waals surface area contributed by atoms with Gasteiger partial charge in [0.25, 0.3) is 0 Å². The molecule has 0 unspecified atom stereocenters. The lowest BCUT2D eigenvalue weighted by Crippen LogP contribution is -2.14. The second-order valence-electron chi connectivity index (χ2n) is 6.09. The van der Waals surface area contributed by atoms with Crippen LogP contribution in [0.4, 0.5) is 0 Å². The van der Waals surface area contributed by atoms with Crippen molar-refractivity contribution in [2.75, 3.05) is 0 Å². The molecule has 1 aromatic carbocycles. The number of alkyl halides is 1. The molecule has 0 aliphatic carbocycles. The molecule has 1 aromatic heterocycles. The molecule has 0 aliphatic rings. The van der Waals surface area contributed by atoms with E-state index >= 15 is 0 Å². The number of aryl methyl sites for hydroxylation is 1. The molecule has 2 nitrogen and oxygen atoms in total. The zero-order chi connectivity index (χ0) is 15.6. The summed E-state index contributed by atoms with van der Waals surface area (Å²) in [6, 6.07) is 9.42. The minimum absolute atomic E-state index is 0.0603. The van der Waals surface area contributed by atoms with Crippen LogP contribution in [0.5, 0.6) is 11.6 Å². The summed E-state index contributed by atoms with van der Waals surface area (Å²) >= 11 is 11.9. The summed E-state index contributed by atoms with van der Waals surface area (Å²) < 4.78 is 5.91. The first-order chi connectivity index (χ1) is 9.79.